The average Bonchev–Trinajstić information content (AvgIpc) is 2.16. The van der Waals surface area contributed by atoms with Crippen molar-refractivity contribution in [2.24, 2.45) is 0 Å². The Morgan fingerprint density at radius 2 is 2.23 bits per heavy atom. The summed E-state index contributed by atoms with van der Waals surface area (Å²) in [6.45, 7) is 6.14. The molecule has 0 saturated heterocycles. The Kier molecular flexibility index (Phi) is 3.37. The van der Waals surface area contributed by atoms with Gasteiger partial charge in [-0.25, -0.2) is 9.97 Å². The van der Waals surface area contributed by atoms with E-state index in [1.165, 1.54) is 0 Å². The van der Waals surface area contributed by atoms with Gasteiger partial charge >= 0.3 is 0 Å². The van der Waals surface area contributed by atoms with Crippen LogP contribution in [0.15, 0.2) is 6.20 Å². The lowest BCUT2D eigenvalue weighted by atomic mass is 10.1. The Morgan fingerprint density at radius 1 is 1.54 bits per heavy atom. The highest BCUT2D eigenvalue weighted by atomic mass is 16.3. The number of rotatable bonds is 3. The fraction of sp³-hybridized carbons (Fsp3) is 0.600. The Labute approximate surface area is 78.9 Å². The fourth-order valence-corrected chi connectivity index (χ4v) is 1.09. The van der Waals surface area contributed by atoms with E-state index in [0.29, 0.717) is 5.92 Å². The molecule has 1 aromatic rings. The monoisotopic (exact) mass is 180 g/mol. The molecule has 3 nitrogen and oxygen atoms in total. The Balaban J connectivity index is 2.95. The lowest BCUT2D eigenvalue weighted by Crippen LogP contribution is -2.04. The molecule has 1 unspecified atom stereocenters. The number of nitrogens with zero attached hydrogens (tertiary/aromatic N) is 2. The molecule has 1 heterocycles. The Hall–Kier alpha value is -0.960. The van der Waals surface area contributed by atoms with Crippen LogP contribution >= 0.6 is 0 Å². The lowest BCUT2D eigenvalue weighted by molar-refractivity contribution is 0.279. The van der Waals surface area contributed by atoms with Crippen molar-refractivity contribution in [3.63, 3.8) is 0 Å². The molecule has 0 aromatic carbocycles. The average molecular weight is 180 g/mol. The van der Waals surface area contributed by atoms with Gasteiger partial charge in [-0.1, -0.05) is 13.8 Å². The second kappa shape index (κ2) is 4.33. The summed E-state index contributed by atoms with van der Waals surface area (Å²) in [4.78, 5) is 8.55. The van der Waals surface area contributed by atoms with Gasteiger partial charge in [0, 0.05) is 23.4 Å². The van der Waals surface area contributed by atoms with Crippen LogP contribution in [-0.2, 0) is 6.61 Å². The Morgan fingerprint density at radius 3 is 2.69 bits per heavy atom. The summed E-state index contributed by atoms with van der Waals surface area (Å²) in [5, 5.41) is 8.93. The summed E-state index contributed by atoms with van der Waals surface area (Å²) in [7, 11) is 0. The van der Waals surface area contributed by atoms with Crippen molar-refractivity contribution in [3.05, 3.63) is 23.3 Å². The van der Waals surface area contributed by atoms with Crippen LogP contribution in [0, 0.1) is 6.92 Å². The van der Waals surface area contributed by atoms with Crippen molar-refractivity contribution in [1.82, 2.24) is 9.97 Å². The van der Waals surface area contributed by atoms with Crippen LogP contribution in [0.1, 0.15) is 43.3 Å². The van der Waals surface area contributed by atoms with Gasteiger partial charge in [0.15, 0.2) is 0 Å². The van der Waals surface area contributed by atoms with Crippen LogP contribution in [0.4, 0.5) is 0 Å². The number of hydrogen-bond acceptors (Lipinski definition) is 3. The predicted octanol–water partition coefficient (Wildman–Crippen LogP) is 1.79. The predicted molar refractivity (Wildman–Crippen MR) is 51.4 cm³/mol. The van der Waals surface area contributed by atoms with E-state index in [9.17, 15) is 0 Å². The first-order valence-corrected chi connectivity index (χ1v) is 4.62. The van der Waals surface area contributed by atoms with E-state index in [1.54, 1.807) is 6.20 Å². The summed E-state index contributed by atoms with van der Waals surface area (Å²) < 4.78 is 0. The number of aromatic nitrogens is 2. The normalized spacial score (nSPS) is 12.9. The molecular weight excluding hydrogens is 164 g/mol. The molecule has 0 radical (unpaired) electrons. The summed E-state index contributed by atoms with van der Waals surface area (Å²) in [5.41, 5.74) is 1.69. The van der Waals surface area contributed by atoms with Gasteiger partial charge in [-0.05, 0) is 13.3 Å². The molecule has 0 fully saturated rings. The minimum atomic E-state index is 0.0205. The first-order chi connectivity index (χ1) is 6.19. The standard InChI is InChI=1S/C10H16N2O/c1-4-7(2)10-11-5-9(6-13)8(3)12-10/h5,7,13H,4,6H2,1-3H3. The molecule has 0 spiro atoms. The van der Waals surface area contributed by atoms with Crippen molar-refractivity contribution < 1.29 is 5.11 Å². The van der Waals surface area contributed by atoms with Gasteiger partial charge in [0.1, 0.15) is 5.82 Å². The second-order valence-corrected chi connectivity index (χ2v) is 3.31. The van der Waals surface area contributed by atoms with E-state index in [4.69, 9.17) is 5.11 Å². The van der Waals surface area contributed by atoms with E-state index in [2.05, 4.69) is 23.8 Å². The maximum atomic E-state index is 8.93. The lowest BCUT2D eigenvalue weighted by Gasteiger charge is -2.08. The van der Waals surface area contributed by atoms with Gasteiger partial charge in [-0.15, -0.1) is 0 Å². The SMILES string of the molecule is CCC(C)c1ncc(CO)c(C)n1. The van der Waals surface area contributed by atoms with Crippen molar-refractivity contribution in [3.8, 4) is 0 Å². The van der Waals surface area contributed by atoms with Crippen molar-refractivity contribution in [2.45, 2.75) is 39.7 Å². The maximum Gasteiger partial charge on any atom is 0.131 e. The van der Waals surface area contributed by atoms with Crippen LogP contribution < -0.4 is 0 Å². The molecule has 0 saturated carbocycles. The third-order valence-corrected chi connectivity index (χ3v) is 2.32. The van der Waals surface area contributed by atoms with Crippen molar-refractivity contribution in [2.75, 3.05) is 0 Å². The van der Waals surface area contributed by atoms with Crippen molar-refractivity contribution >= 4 is 0 Å². The first kappa shape index (κ1) is 10.1. The maximum absolute atomic E-state index is 8.93. The smallest absolute Gasteiger partial charge is 0.131 e. The molecule has 0 bridgehead atoms. The van der Waals surface area contributed by atoms with E-state index in [0.717, 1.165) is 23.5 Å². The van der Waals surface area contributed by atoms with Gasteiger partial charge < -0.3 is 5.11 Å². The molecule has 1 aromatic heterocycles. The number of aryl methyl sites for hydroxylation is 1. The zero-order valence-electron chi connectivity index (χ0n) is 8.41. The molecule has 1 rings (SSSR count). The number of hydrogen-bond donors (Lipinski definition) is 1. The highest BCUT2D eigenvalue weighted by Crippen LogP contribution is 2.15. The van der Waals surface area contributed by atoms with Crippen LogP contribution in [0.5, 0.6) is 0 Å². The number of aliphatic hydroxyl groups excluding tert-OH is 1. The molecule has 72 valence electrons. The zero-order chi connectivity index (χ0) is 9.84. The van der Waals surface area contributed by atoms with Gasteiger partial charge in [0.2, 0.25) is 0 Å². The first-order valence-electron chi connectivity index (χ1n) is 4.62. The molecule has 1 atom stereocenters. The van der Waals surface area contributed by atoms with Crippen LogP contribution in [0.2, 0.25) is 0 Å². The molecule has 3 heteroatoms. The molecule has 0 aliphatic carbocycles. The third-order valence-electron chi connectivity index (χ3n) is 2.32. The van der Waals surface area contributed by atoms with E-state index < -0.39 is 0 Å². The van der Waals surface area contributed by atoms with Crippen LogP contribution in [-0.4, -0.2) is 15.1 Å². The Bertz CT molecular complexity index is 286. The highest BCUT2D eigenvalue weighted by molar-refractivity contribution is 5.15. The van der Waals surface area contributed by atoms with Gasteiger partial charge in [0.25, 0.3) is 0 Å². The van der Waals surface area contributed by atoms with Gasteiger partial charge in [-0.3, -0.25) is 0 Å². The summed E-state index contributed by atoms with van der Waals surface area (Å²) >= 11 is 0. The molecule has 0 aliphatic heterocycles. The third kappa shape index (κ3) is 2.25. The van der Waals surface area contributed by atoms with Gasteiger partial charge in [-0.2, -0.15) is 0 Å². The molecule has 0 amide bonds. The largest absolute Gasteiger partial charge is 0.392 e. The zero-order valence-corrected chi connectivity index (χ0v) is 8.41. The summed E-state index contributed by atoms with van der Waals surface area (Å²) in [6.07, 6.45) is 2.75. The van der Waals surface area contributed by atoms with Gasteiger partial charge in [0.05, 0.1) is 6.61 Å². The highest BCUT2D eigenvalue weighted by Gasteiger charge is 2.07. The quantitative estimate of drug-likeness (QED) is 0.771. The minimum absolute atomic E-state index is 0.0205. The molecular formula is C10H16N2O. The molecule has 1 N–H and O–H groups in total. The van der Waals surface area contributed by atoms with Crippen molar-refractivity contribution in [1.29, 1.82) is 0 Å². The molecule has 0 aliphatic rings. The summed E-state index contributed by atoms with van der Waals surface area (Å²) in [5.74, 6) is 1.27. The van der Waals surface area contributed by atoms with Crippen LogP contribution in [0.3, 0.4) is 0 Å². The van der Waals surface area contributed by atoms with E-state index in [1.807, 2.05) is 6.92 Å². The summed E-state index contributed by atoms with van der Waals surface area (Å²) in [6, 6.07) is 0. The van der Waals surface area contributed by atoms with Crippen LogP contribution in [0.25, 0.3) is 0 Å². The molecule has 13 heavy (non-hydrogen) atoms. The fourth-order valence-electron chi connectivity index (χ4n) is 1.09. The van der Waals surface area contributed by atoms with E-state index in [-0.39, 0.29) is 6.61 Å². The number of aliphatic hydroxyl groups is 1. The minimum Gasteiger partial charge on any atom is -0.392 e. The topological polar surface area (TPSA) is 46.0 Å². The second-order valence-electron chi connectivity index (χ2n) is 3.31. The van der Waals surface area contributed by atoms with E-state index >= 15 is 0 Å².